The maximum atomic E-state index is 13.8. The third-order valence-corrected chi connectivity index (χ3v) is 13.4. The van der Waals surface area contributed by atoms with Crippen LogP contribution in [-0.4, -0.2) is 124 Å². The van der Waals surface area contributed by atoms with Crippen molar-refractivity contribution >= 4 is 55.6 Å². The summed E-state index contributed by atoms with van der Waals surface area (Å²) in [6.45, 7) is 6.44. The van der Waals surface area contributed by atoms with Gasteiger partial charge in [0, 0.05) is 73.1 Å². The number of likely N-dealkylation sites (N-methyl/N-ethyl adjacent to an activating group) is 1. The predicted octanol–water partition coefficient (Wildman–Crippen LogP) is 7.79. The first kappa shape index (κ1) is 45.3. The fourth-order valence-electron chi connectivity index (χ4n) is 7.43. The minimum Gasteiger partial charge on any atom is -0.492 e. The summed E-state index contributed by atoms with van der Waals surface area (Å²) in [5.74, 6) is 1.62. The van der Waals surface area contributed by atoms with Gasteiger partial charge in [0.2, 0.25) is 0 Å². The standard InChI is InChI=1S/C47H55N9O5S2/c1-52(2)23-22-37(33-62-40-11-6-5-7-12-40)50-44-21-19-41(31-46(44)56(57)58)63(59,60)51-47-43-20-16-38(30-45(43)48-34-49-47)55-26-24-54(25-27-55)32-36-10-8-9-13-42(36)35-14-17-39(18-15-35)61-29-28-53(3)4/h5-21,30-31,34,37,50H,22-29,32-33H2,1-4H3,(H,48,49,51)/t37-/m1/s1. The summed E-state index contributed by atoms with van der Waals surface area (Å²) in [6, 6.07) is 36.4. The van der Waals surface area contributed by atoms with E-state index in [9.17, 15) is 18.5 Å². The average molecular weight is 890 g/mol. The number of nitrogens with zero attached hydrogens (tertiary/aromatic N) is 7. The van der Waals surface area contributed by atoms with E-state index in [0.29, 0.717) is 23.3 Å². The van der Waals surface area contributed by atoms with E-state index in [2.05, 4.69) is 76.0 Å². The first-order valence-electron chi connectivity index (χ1n) is 21.0. The van der Waals surface area contributed by atoms with E-state index < -0.39 is 14.9 Å². The smallest absolute Gasteiger partial charge is 0.293 e. The number of aromatic nitrogens is 2. The molecule has 330 valence electrons. The SMILES string of the molecule is CN(C)CCOc1ccc(-c2ccccc2CN2CCN(c3ccc4c(NS(=O)(=O)c5ccc(N[C@H](CCN(C)C)CSc6ccccc6)c([N+](=O)[O-])c5)ncnc4c3)CC2)cc1. The Kier molecular flexibility index (Phi) is 15.1. The van der Waals surface area contributed by atoms with Crippen LogP contribution in [0.25, 0.3) is 22.0 Å². The second-order valence-corrected chi connectivity index (χ2v) is 18.9. The molecule has 2 N–H and O–H groups in total. The Balaban J connectivity index is 0.992. The predicted molar refractivity (Wildman–Crippen MR) is 255 cm³/mol. The zero-order valence-corrected chi connectivity index (χ0v) is 37.8. The normalized spacial score (nSPS) is 14.0. The molecule has 1 atom stereocenters. The highest BCUT2D eigenvalue weighted by Gasteiger charge is 2.25. The summed E-state index contributed by atoms with van der Waals surface area (Å²) in [5, 5.41) is 16.2. The number of hydrogen-bond donors (Lipinski definition) is 2. The van der Waals surface area contributed by atoms with Crippen LogP contribution in [0.1, 0.15) is 12.0 Å². The lowest BCUT2D eigenvalue weighted by Gasteiger charge is -2.36. The number of sulfonamides is 1. The number of anilines is 3. The van der Waals surface area contributed by atoms with Crippen molar-refractivity contribution in [2.24, 2.45) is 0 Å². The summed E-state index contributed by atoms with van der Waals surface area (Å²) in [7, 11) is 3.75. The summed E-state index contributed by atoms with van der Waals surface area (Å²) in [5.41, 5.74) is 5.12. The number of hydrogen-bond acceptors (Lipinski definition) is 13. The summed E-state index contributed by atoms with van der Waals surface area (Å²) in [4.78, 5) is 30.3. The van der Waals surface area contributed by atoms with Crippen molar-refractivity contribution in [2.45, 2.75) is 28.8 Å². The lowest BCUT2D eigenvalue weighted by Crippen LogP contribution is -2.46. The Morgan fingerprint density at radius 1 is 0.841 bits per heavy atom. The molecule has 5 aromatic carbocycles. The Morgan fingerprint density at radius 2 is 1.57 bits per heavy atom. The van der Waals surface area contributed by atoms with Gasteiger partial charge in [0.15, 0.2) is 5.82 Å². The van der Waals surface area contributed by atoms with Gasteiger partial charge in [-0.15, -0.1) is 11.8 Å². The minimum atomic E-state index is -4.27. The van der Waals surface area contributed by atoms with Crippen molar-refractivity contribution in [1.82, 2.24) is 24.7 Å². The third kappa shape index (κ3) is 12.2. The quantitative estimate of drug-likeness (QED) is 0.0437. The number of nitro benzene ring substituents is 1. The van der Waals surface area contributed by atoms with E-state index in [1.807, 2.05) is 88.9 Å². The molecule has 1 aliphatic rings. The van der Waals surface area contributed by atoms with Crippen LogP contribution in [0.4, 0.5) is 22.9 Å². The molecule has 2 heterocycles. The van der Waals surface area contributed by atoms with Gasteiger partial charge in [-0.2, -0.15) is 0 Å². The molecule has 16 heteroatoms. The van der Waals surface area contributed by atoms with E-state index in [1.54, 1.807) is 11.8 Å². The first-order chi connectivity index (χ1) is 30.4. The molecule has 1 aromatic heterocycles. The molecule has 1 fully saturated rings. The Hall–Kier alpha value is -5.78. The van der Waals surface area contributed by atoms with Crippen molar-refractivity contribution in [1.29, 1.82) is 0 Å². The van der Waals surface area contributed by atoms with Crippen molar-refractivity contribution in [3.8, 4) is 16.9 Å². The highest BCUT2D eigenvalue weighted by atomic mass is 32.2. The summed E-state index contributed by atoms with van der Waals surface area (Å²) in [6.07, 6.45) is 2.05. The Labute approximate surface area is 374 Å². The van der Waals surface area contributed by atoms with E-state index in [1.165, 1.54) is 29.6 Å². The molecule has 6 aromatic rings. The van der Waals surface area contributed by atoms with Gasteiger partial charge in [0.25, 0.3) is 15.7 Å². The van der Waals surface area contributed by atoms with Crippen LogP contribution in [0, 0.1) is 10.1 Å². The van der Waals surface area contributed by atoms with Gasteiger partial charge in [0.1, 0.15) is 24.4 Å². The van der Waals surface area contributed by atoms with E-state index >= 15 is 0 Å². The van der Waals surface area contributed by atoms with Crippen LogP contribution in [0.2, 0.25) is 0 Å². The summed E-state index contributed by atoms with van der Waals surface area (Å²) >= 11 is 1.66. The largest absolute Gasteiger partial charge is 0.492 e. The van der Waals surface area contributed by atoms with Gasteiger partial charge < -0.3 is 24.8 Å². The minimum absolute atomic E-state index is 0.0908. The van der Waals surface area contributed by atoms with Gasteiger partial charge in [0.05, 0.1) is 15.3 Å². The van der Waals surface area contributed by atoms with Crippen molar-refractivity contribution in [3.63, 3.8) is 0 Å². The third-order valence-electron chi connectivity index (χ3n) is 10.9. The molecule has 7 rings (SSSR count). The highest BCUT2D eigenvalue weighted by molar-refractivity contribution is 7.99. The van der Waals surface area contributed by atoms with Gasteiger partial charge in [-0.1, -0.05) is 54.6 Å². The molecule has 0 saturated carbocycles. The van der Waals surface area contributed by atoms with Crippen LogP contribution in [-0.2, 0) is 16.6 Å². The second-order valence-electron chi connectivity index (χ2n) is 16.1. The van der Waals surface area contributed by atoms with E-state index in [0.717, 1.165) is 80.2 Å². The van der Waals surface area contributed by atoms with Crippen molar-refractivity contribution in [2.75, 3.05) is 94.8 Å². The molecule has 1 saturated heterocycles. The zero-order valence-electron chi connectivity index (χ0n) is 36.2. The van der Waals surface area contributed by atoms with Crippen molar-refractivity contribution < 1.29 is 18.1 Å². The fourth-order valence-corrected chi connectivity index (χ4v) is 9.47. The molecule has 0 aliphatic carbocycles. The number of thioether (sulfide) groups is 1. The number of rotatable bonds is 20. The maximum absolute atomic E-state index is 13.8. The van der Waals surface area contributed by atoms with Crippen molar-refractivity contribution in [3.05, 3.63) is 137 Å². The van der Waals surface area contributed by atoms with Crippen LogP contribution in [0.3, 0.4) is 0 Å². The number of piperazine rings is 1. The first-order valence-corrected chi connectivity index (χ1v) is 23.5. The number of ether oxygens (including phenoxy) is 1. The molecule has 0 radical (unpaired) electrons. The van der Waals surface area contributed by atoms with Crippen LogP contribution >= 0.6 is 11.8 Å². The molecular formula is C47H55N9O5S2. The van der Waals surface area contributed by atoms with Crippen LogP contribution in [0.15, 0.2) is 131 Å². The topological polar surface area (TPSA) is 149 Å². The van der Waals surface area contributed by atoms with Gasteiger partial charge >= 0.3 is 0 Å². The molecular weight excluding hydrogens is 835 g/mol. The van der Waals surface area contributed by atoms with Crippen LogP contribution < -0.4 is 19.7 Å². The summed E-state index contributed by atoms with van der Waals surface area (Å²) < 4.78 is 36.1. The van der Waals surface area contributed by atoms with Gasteiger partial charge in [-0.05, 0) is 112 Å². The molecule has 14 nitrogen and oxygen atoms in total. The molecule has 0 amide bonds. The van der Waals surface area contributed by atoms with Gasteiger partial charge in [-0.25, -0.2) is 18.4 Å². The number of fused-ring (bicyclic) bond motifs is 1. The molecule has 0 bridgehead atoms. The van der Waals surface area contributed by atoms with E-state index in [4.69, 9.17) is 4.74 Å². The second kappa shape index (κ2) is 21.1. The maximum Gasteiger partial charge on any atom is 0.293 e. The number of nitro groups is 1. The number of benzene rings is 5. The average Bonchev–Trinajstić information content (AvgIpc) is 3.28. The van der Waals surface area contributed by atoms with Gasteiger partial charge in [-0.3, -0.25) is 19.7 Å². The highest BCUT2D eigenvalue weighted by Crippen LogP contribution is 2.33. The van der Waals surface area contributed by atoms with E-state index in [-0.39, 0.29) is 28.1 Å². The monoisotopic (exact) mass is 889 g/mol. The molecule has 1 aliphatic heterocycles. The lowest BCUT2D eigenvalue weighted by atomic mass is 9.99. The van der Waals surface area contributed by atoms with Crippen LogP contribution in [0.5, 0.6) is 5.75 Å². The lowest BCUT2D eigenvalue weighted by molar-refractivity contribution is -0.384. The fraction of sp³-hybridized carbons (Fsp3) is 0.319. The zero-order chi connectivity index (χ0) is 44.3. The molecule has 0 unspecified atom stereocenters. The number of nitrogens with one attached hydrogen (secondary N) is 2. The molecule has 0 spiro atoms. The molecule has 63 heavy (non-hydrogen) atoms. The Morgan fingerprint density at radius 3 is 2.30 bits per heavy atom. The Bertz CT molecular complexity index is 2570.